The third-order valence-corrected chi connectivity index (χ3v) is 10.2. The summed E-state index contributed by atoms with van der Waals surface area (Å²) in [5, 5.41) is 19.8. The van der Waals surface area contributed by atoms with Crippen molar-refractivity contribution in [2.75, 3.05) is 0 Å². The van der Waals surface area contributed by atoms with E-state index in [-0.39, 0.29) is 53.0 Å². The van der Waals surface area contributed by atoms with E-state index in [4.69, 9.17) is 51.1 Å². The van der Waals surface area contributed by atoms with Gasteiger partial charge in [-0.2, -0.15) is 0 Å². The summed E-state index contributed by atoms with van der Waals surface area (Å²) >= 11 is 38.7. The summed E-state index contributed by atoms with van der Waals surface area (Å²) in [6.07, 6.45) is 0.866. The molecule has 1 aliphatic heterocycles. The first kappa shape index (κ1) is 26.1. The van der Waals surface area contributed by atoms with Gasteiger partial charge in [0.25, 0.3) is 0 Å². The van der Waals surface area contributed by atoms with Gasteiger partial charge in [-0.05, 0) is 59.4 Å². The first-order valence-corrected chi connectivity index (χ1v) is 13.7. The molecule has 0 bridgehead atoms. The van der Waals surface area contributed by atoms with Gasteiger partial charge in [-0.3, -0.25) is 4.79 Å². The Bertz CT molecular complexity index is 1280. The first-order chi connectivity index (χ1) is 15.4. The van der Waals surface area contributed by atoms with Crippen molar-refractivity contribution < 1.29 is 24.5 Å². The van der Waals surface area contributed by atoms with E-state index >= 15 is 0 Å². The van der Waals surface area contributed by atoms with Gasteiger partial charge >= 0.3 is 5.97 Å². The summed E-state index contributed by atoms with van der Waals surface area (Å²) < 4.78 is 7.00. The van der Waals surface area contributed by atoms with E-state index in [1.165, 1.54) is 0 Å². The zero-order valence-corrected chi connectivity index (χ0v) is 25.0. The van der Waals surface area contributed by atoms with Gasteiger partial charge < -0.3 is 14.9 Å². The van der Waals surface area contributed by atoms with Crippen LogP contribution < -0.4 is 4.74 Å². The van der Waals surface area contributed by atoms with E-state index < -0.39 is 28.7 Å². The van der Waals surface area contributed by atoms with Gasteiger partial charge in [0.1, 0.15) is 26.9 Å². The van der Waals surface area contributed by atoms with Gasteiger partial charge in [0, 0.05) is 17.4 Å². The maximum atomic E-state index is 12.6. The summed E-state index contributed by atoms with van der Waals surface area (Å²) in [7, 11) is 0. The molecule has 4 atom stereocenters. The highest BCUT2D eigenvalue weighted by Gasteiger charge is 2.50. The standard InChI is InChI=1S/C20H8Br4Cl4O5/c21-5-1-3-7(8-9(20(31)32)13(26)15(28)14(27)12(8)25)4-2-6(22)17(30)11(24)19(4)33-18(3)10(23)16(5)29/h1-3,7,10,18,30H,(H,31,32). The van der Waals surface area contributed by atoms with Crippen molar-refractivity contribution in [3.8, 4) is 11.5 Å². The van der Waals surface area contributed by atoms with Crippen LogP contribution in [-0.4, -0.2) is 32.9 Å². The highest BCUT2D eigenvalue weighted by Crippen LogP contribution is 2.57. The number of carboxylic acid groups (broad SMARTS) is 1. The number of allylic oxidation sites excluding steroid dienone is 1. The average Bonchev–Trinajstić information content (AvgIpc) is 2.76. The molecule has 0 fully saturated rings. The number of ketones is 1. The van der Waals surface area contributed by atoms with Gasteiger partial charge in [-0.15, -0.1) is 0 Å². The molecule has 5 nitrogen and oxygen atoms in total. The van der Waals surface area contributed by atoms with Gasteiger partial charge in [0.2, 0.25) is 0 Å². The Morgan fingerprint density at radius 2 is 1.64 bits per heavy atom. The number of carboxylic acids is 1. The second-order valence-corrected chi connectivity index (χ2v) is 12.2. The minimum Gasteiger partial charge on any atom is -0.505 e. The van der Waals surface area contributed by atoms with E-state index in [1.54, 1.807) is 12.1 Å². The van der Waals surface area contributed by atoms with Crippen molar-refractivity contribution in [3.05, 3.63) is 62.4 Å². The summed E-state index contributed by atoms with van der Waals surface area (Å²) in [5.41, 5.74) is 0.274. The second kappa shape index (κ2) is 9.47. The molecule has 0 saturated heterocycles. The minimum atomic E-state index is -1.36. The lowest BCUT2D eigenvalue weighted by Crippen LogP contribution is -2.47. The van der Waals surface area contributed by atoms with Crippen LogP contribution in [0.2, 0.25) is 20.1 Å². The SMILES string of the molecule is O=C(O)c1c(Cl)c(Cl)c(Cl)c(Cl)c1C1c2cc(Br)c(O)c(Br)c2OC2C(Br)C(=O)C(Br)=CC12. The van der Waals surface area contributed by atoms with Gasteiger partial charge in [0.15, 0.2) is 5.78 Å². The number of phenols is 1. The molecule has 33 heavy (non-hydrogen) atoms. The number of phenolic OH excluding ortho intramolecular Hbond substituents is 1. The molecular weight excluding hydrogens is 782 g/mol. The molecule has 2 aliphatic rings. The Balaban J connectivity index is 2.16. The van der Waals surface area contributed by atoms with Crippen LogP contribution in [0.3, 0.4) is 0 Å². The number of benzene rings is 2. The number of aromatic hydroxyl groups is 1. The quantitative estimate of drug-likeness (QED) is 0.182. The van der Waals surface area contributed by atoms with Crippen LogP contribution in [-0.2, 0) is 4.79 Å². The van der Waals surface area contributed by atoms with E-state index in [9.17, 15) is 19.8 Å². The molecule has 13 heteroatoms. The molecule has 0 aromatic heterocycles. The van der Waals surface area contributed by atoms with Crippen LogP contribution in [0.5, 0.6) is 11.5 Å². The minimum absolute atomic E-state index is 0.0899. The maximum absolute atomic E-state index is 12.6. The number of hydrogen-bond acceptors (Lipinski definition) is 4. The fourth-order valence-corrected chi connectivity index (χ4v) is 7.93. The molecule has 0 spiro atoms. The summed E-state index contributed by atoms with van der Waals surface area (Å²) in [6.45, 7) is 0. The molecule has 2 aromatic rings. The highest BCUT2D eigenvalue weighted by atomic mass is 79.9. The molecular formula is C20H8Br4Cl4O5. The number of ether oxygens (including phenoxy) is 1. The normalized spacial score (nSPS) is 24.0. The topological polar surface area (TPSA) is 83.8 Å². The van der Waals surface area contributed by atoms with Crippen molar-refractivity contribution in [2.45, 2.75) is 16.8 Å². The zero-order valence-electron chi connectivity index (χ0n) is 15.6. The molecule has 174 valence electrons. The Kier molecular flexibility index (Phi) is 7.48. The lowest BCUT2D eigenvalue weighted by Gasteiger charge is -2.43. The first-order valence-electron chi connectivity index (χ1n) is 8.90. The largest absolute Gasteiger partial charge is 0.505 e. The molecule has 2 N–H and O–H groups in total. The van der Waals surface area contributed by atoms with Crippen LogP contribution in [0.4, 0.5) is 0 Å². The van der Waals surface area contributed by atoms with Crippen molar-refractivity contribution in [3.63, 3.8) is 0 Å². The van der Waals surface area contributed by atoms with E-state index in [2.05, 4.69) is 63.7 Å². The number of carbonyl (C=O) groups is 2. The van der Waals surface area contributed by atoms with E-state index in [0.29, 0.717) is 14.5 Å². The Morgan fingerprint density at radius 1 is 1.03 bits per heavy atom. The Labute approximate surface area is 240 Å². The van der Waals surface area contributed by atoms with Crippen LogP contribution >= 0.6 is 110 Å². The predicted octanol–water partition coefficient (Wildman–Crippen LogP) is 8.36. The van der Waals surface area contributed by atoms with Gasteiger partial charge in [0.05, 0.1) is 34.6 Å². The van der Waals surface area contributed by atoms with E-state index in [1.807, 2.05) is 0 Å². The number of Topliss-reactive ketones (excluding diaryl/α,β-unsaturated/α-hetero) is 1. The highest BCUT2D eigenvalue weighted by molar-refractivity contribution is 9.12. The monoisotopic (exact) mass is 784 g/mol. The zero-order chi connectivity index (χ0) is 24.5. The van der Waals surface area contributed by atoms with Crippen LogP contribution in [0, 0.1) is 5.92 Å². The molecule has 2 aromatic carbocycles. The number of fused-ring (bicyclic) bond motifs is 2. The fourth-order valence-electron chi connectivity index (χ4n) is 4.05. The lowest BCUT2D eigenvalue weighted by atomic mass is 9.71. The molecule has 1 aliphatic carbocycles. The average molecular weight is 790 g/mol. The van der Waals surface area contributed by atoms with Crippen molar-refractivity contribution in [1.29, 1.82) is 0 Å². The predicted molar refractivity (Wildman–Crippen MR) is 141 cm³/mol. The maximum Gasteiger partial charge on any atom is 0.337 e. The van der Waals surface area contributed by atoms with Gasteiger partial charge in [-0.1, -0.05) is 68.4 Å². The smallest absolute Gasteiger partial charge is 0.337 e. The molecule has 0 radical (unpaired) electrons. The fraction of sp³-hybridized carbons (Fsp3) is 0.200. The Hall–Kier alpha value is -0.000000000000000111. The molecule has 4 unspecified atom stereocenters. The summed E-state index contributed by atoms with van der Waals surface area (Å²) in [6, 6.07) is 1.59. The van der Waals surface area contributed by atoms with Crippen LogP contribution in [0.25, 0.3) is 0 Å². The summed E-state index contributed by atoms with van der Waals surface area (Å²) in [5.74, 6) is -2.90. The Morgan fingerprint density at radius 3 is 2.24 bits per heavy atom. The molecule has 1 heterocycles. The molecule has 0 amide bonds. The van der Waals surface area contributed by atoms with Crippen molar-refractivity contribution in [1.82, 2.24) is 0 Å². The number of hydrogen-bond donors (Lipinski definition) is 2. The van der Waals surface area contributed by atoms with Crippen LogP contribution in [0.1, 0.15) is 27.4 Å². The third-order valence-electron chi connectivity index (χ3n) is 5.47. The van der Waals surface area contributed by atoms with Crippen LogP contribution in [0.15, 0.2) is 25.6 Å². The van der Waals surface area contributed by atoms with E-state index in [0.717, 1.165) is 0 Å². The number of carbonyl (C=O) groups excluding carboxylic acids is 1. The molecule has 0 saturated carbocycles. The molecule has 4 rings (SSSR count). The second-order valence-electron chi connectivity index (χ2n) is 7.21. The number of alkyl halides is 1. The summed E-state index contributed by atoms with van der Waals surface area (Å²) in [4.78, 5) is 24.2. The number of aromatic carboxylic acids is 1. The third kappa shape index (κ3) is 4.08. The van der Waals surface area contributed by atoms with Crippen molar-refractivity contribution >= 4 is 122 Å². The van der Waals surface area contributed by atoms with Crippen molar-refractivity contribution in [2.24, 2.45) is 5.92 Å². The van der Waals surface area contributed by atoms with Gasteiger partial charge in [-0.25, -0.2) is 4.79 Å². The number of rotatable bonds is 2. The lowest BCUT2D eigenvalue weighted by molar-refractivity contribution is -0.116. The number of halogens is 8.